The van der Waals surface area contributed by atoms with Crippen LogP contribution in [0.1, 0.15) is 23.5 Å². The predicted molar refractivity (Wildman–Crippen MR) is 102 cm³/mol. The normalized spacial score (nSPS) is 16.2. The lowest BCUT2D eigenvalue weighted by Gasteiger charge is -2.08. The fourth-order valence-electron chi connectivity index (χ4n) is 3.45. The van der Waals surface area contributed by atoms with E-state index in [1.54, 1.807) is 12.4 Å². The molecule has 0 saturated carbocycles. The van der Waals surface area contributed by atoms with E-state index in [-0.39, 0.29) is 6.61 Å². The highest BCUT2D eigenvalue weighted by Gasteiger charge is 2.28. The third-order valence-corrected chi connectivity index (χ3v) is 4.83. The van der Waals surface area contributed by atoms with Crippen LogP contribution in [0.3, 0.4) is 0 Å². The van der Waals surface area contributed by atoms with Crippen LogP contribution in [-0.2, 0) is 6.61 Å². The molecule has 0 radical (unpaired) electrons. The number of aliphatic hydroxyl groups excluding tert-OH is 1. The summed E-state index contributed by atoms with van der Waals surface area (Å²) in [7, 11) is 0. The minimum atomic E-state index is 0.0847. The average molecular weight is 328 g/mol. The average Bonchev–Trinajstić information content (AvgIpc) is 3.18. The van der Waals surface area contributed by atoms with Gasteiger partial charge in [0.05, 0.1) is 6.61 Å². The number of pyridine rings is 1. The van der Waals surface area contributed by atoms with Crippen molar-refractivity contribution in [3.05, 3.63) is 78.1 Å². The summed E-state index contributed by atoms with van der Waals surface area (Å²) in [6.07, 6.45) is 6.86. The van der Waals surface area contributed by atoms with Crippen molar-refractivity contribution in [1.29, 1.82) is 5.26 Å². The maximum absolute atomic E-state index is 9.02. The number of nitriles is 1. The van der Waals surface area contributed by atoms with Crippen LogP contribution in [0, 0.1) is 11.2 Å². The van der Waals surface area contributed by atoms with Crippen LogP contribution < -0.4 is 0 Å². The SMILES string of the molecule is N#CB1CCC(c2ccccc2)C1.OCc1cccc2cnccc12. The minimum Gasteiger partial charge on any atom is -0.392 e. The summed E-state index contributed by atoms with van der Waals surface area (Å²) >= 11 is 0. The highest BCUT2D eigenvalue weighted by atomic mass is 16.3. The topological polar surface area (TPSA) is 56.9 Å². The van der Waals surface area contributed by atoms with Crippen molar-refractivity contribution >= 4 is 17.5 Å². The smallest absolute Gasteiger partial charge is 0.268 e. The molecule has 2 heterocycles. The van der Waals surface area contributed by atoms with Gasteiger partial charge in [0.25, 0.3) is 6.71 Å². The summed E-state index contributed by atoms with van der Waals surface area (Å²) in [6.45, 7) is 0.381. The number of hydrogen-bond donors (Lipinski definition) is 1. The summed E-state index contributed by atoms with van der Waals surface area (Å²) in [5.74, 6) is 2.99. The van der Waals surface area contributed by atoms with Crippen LogP contribution in [0.5, 0.6) is 0 Å². The lowest BCUT2D eigenvalue weighted by atomic mass is 9.50. The molecular weight excluding hydrogens is 307 g/mol. The van der Waals surface area contributed by atoms with Crippen molar-refractivity contribution in [2.75, 3.05) is 0 Å². The number of rotatable bonds is 2. The highest BCUT2D eigenvalue weighted by Crippen LogP contribution is 2.34. The van der Waals surface area contributed by atoms with Crippen LogP contribution in [0.25, 0.3) is 10.8 Å². The molecule has 1 atom stereocenters. The molecule has 25 heavy (non-hydrogen) atoms. The molecule has 1 unspecified atom stereocenters. The molecule has 0 amide bonds. The molecular formula is C21H21BN2O. The Hall–Kier alpha value is -2.64. The second kappa shape index (κ2) is 8.46. The maximum Gasteiger partial charge on any atom is 0.268 e. The summed E-state index contributed by atoms with van der Waals surface area (Å²) in [6, 6.07) is 18.3. The van der Waals surface area contributed by atoms with Gasteiger partial charge in [0.15, 0.2) is 0 Å². The van der Waals surface area contributed by atoms with E-state index < -0.39 is 0 Å². The Labute approximate surface area is 149 Å². The Morgan fingerprint density at radius 3 is 2.68 bits per heavy atom. The Bertz CT molecular complexity index is 855. The van der Waals surface area contributed by atoms with Crippen LogP contribution in [-0.4, -0.2) is 16.8 Å². The van der Waals surface area contributed by atoms with Gasteiger partial charge >= 0.3 is 0 Å². The molecule has 3 aromatic rings. The number of hydrogen-bond acceptors (Lipinski definition) is 3. The van der Waals surface area contributed by atoms with Crippen molar-refractivity contribution in [1.82, 2.24) is 4.98 Å². The van der Waals surface area contributed by atoms with Gasteiger partial charge in [-0.2, -0.15) is 0 Å². The standard InChI is InChI=1S/C11H12BN.C10H9NO/c13-9-12-7-6-11(8-12)10-4-2-1-3-5-10;12-7-9-3-1-2-8-6-11-5-4-10(8)9/h1-5,11H,6-8H2;1-6,12H,7H2. The number of aromatic nitrogens is 1. The van der Waals surface area contributed by atoms with E-state index in [0.29, 0.717) is 12.6 Å². The lowest BCUT2D eigenvalue weighted by molar-refractivity contribution is 0.283. The molecule has 1 aliphatic heterocycles. The van der Waals surface area contributed by atoms with Crippen LogP contribution >= 0.6 is 0 Å². The Morgan fingerprint density at radius 1 is 1.12 bits per heavy atom. The van der Waals surface area contributed by atoms with E-state index in [1.807, 2.05) is 30.3 Å². The van der Waals surface area contributed by atoms with Crippen LogP contribution in [0.4, 0.5) is 0 Å². The monoisotopic (exact) mass is 328 g/mol. The zero-order chi connectivity index (χ0) is 17.5. The summed E-state index contributed by atoms with van der Waals surface area (Å²) < 4.78 is 0. The van der Waals surface area contributed by atoms with Crippen LogP contribution in [0.2, 0.25) is 12.6 Å². The van der Waals surface area contributed by atoms with Gasteiger partial charge in [-0.3, -0.25) is 4.98 Å². The zero-order valence-electron chi connectivity index (χ0n) is 14.2. The van der Waals surface area contributed by atoms with Gasteiger partial charge in [0.2, 0.25) is 0 Å². The van der Waals surface area contributed by atoms with E-state index >= 15 is 0 Å². The molecule has 1 saturated heterocycles. The van der Waals surface area contributed by atoms with E-state index in [2.05, 4.69) is 35.2 Å². The first kappa shape index (κ1) is 17.2. The van der Waals surface area contributed by atoms with Gasteiger partial charge in [0, 0.05) is 23.7 Å². The third-order valence-electron chi connectivity index (χ3n) is 4.83. The molecule has 4 rings (SSSR count). The van der Waals surface area contributed by atoms with Crippen molar-refractivity contribution < 1.29 is 5.11 Å². The molecule has 3 nitrogen and oxygen atoms in total. The van der Waals surface area contributed by atoms with Crippen molar-refractivity contribution in [3.8, 4) is 5.97 Å². The molecule has 1 aromatic heterocycles. The van der Waals surface area contributed by atoms with Crippen molar-refractivity contribution in [2.24, 2.45) is 0 Å². The summed E-state index contributed by atoms with van der Waals surface area (Å²) in [5.41, 5.74) is 2.36. The van der Waals surface area contributed by atoms with E-state index in [0.717, 1.165) is 29.0 Å². The largest absolute Gasteiger partial charge is 0.392 e. The molecule has 1 N–H and O–H groups in total. The number of aliphatic hydroxyl groups is 1. The Balaban J connectivity index is 0.000000146. The van der Waals surface area contributed by atoms with Gasteiger partial charge in [0.1, 0.15) is 0 Å². The molecule has 1 aliphatic rings. The molecule has 2 aromatic carbocycles. The highest BCUT2D eigenvalue weighted by molar-refractivity contribution is 6.67. The molecule has 0 aliphatic carbocycles. The molecule has 0 bridgehead atoms. The Kier molecular flexibility index (Phi) is 5.82. The number of fused-ring (bicyclic) bond motifs is 1. The fraction of sp³-hybridized carbons (Fsp3) is 0.238. The first-order valence-electron chi connectivity index (χ1n) is 8.69. The molecule has 0 spiro atoms. The number of nitrogens with zero attached hydrogens (tertiary/aromatic N) is 2. The first-order chi connectivity index (χ1) is 12.3. The number of benzene rings is 2. The van der Waals surface area contributed by atoms with Gasteiger partial charge in [-0.15, -0.1) is 0 Å². The first-order valence-corrected chi connectivity index (χ1v) is 8.69. The maximum atomic E-state index is 9.02. The summed E-state index contributed by atoms with van der Waals surface area (Å²) in [5, 5.41) is 19.9. The molecule has 124 valence electrons. The van der Waals surface area contributed by atoms with Gasteiger partial charge < -0.3 is 5.11 Å². The zero-order valence-corrected chi connectivity index (χ0v) is 14.2. The molecule has 4 heteroatoms. The van der Waals surface area contributed by atoms with Crippen molar-refractivity contribution in [3.63, 3.8) is 0 Å². The Morgan fingerprint density at radius 2 is 1.96 bits per heavy atom. The van der Waals surface area contributed by atoms with E-state index in [9.17, 15) is 0 Å². The fourth-order valence-corrected chi connectivity index (χ4v) is 3.45. The van der Waals surface area contributed by atoms with Gasteiger partial charge in [-0.25, -0.2) is 5.26 Å². The van der Waals surface area contributed by atoms with Gasteiger partial charge in [-0.1, -0.05) is 67.6 Å². The van der Waals surface area contributed by atoms with Crippen LogP contribution in [0.15, 0.2) is 67.0 Å². The van der Waals surface area contributed by atoms with E-state index in [4.69, 9.17) is 10.4 Å². The summed E-state index contributed by atoms with van der Waals surface area (Å²) in [4.78, 5) is 4.01. The minimum absolute atomic E-state index is 0.0847. The quantitative estimate of drug-likeness (QED) is 0.707. The second-order valence-electron chi connectivity index (χ2n) is 6.42. The second-order valence-corrected chi connectivity index (χ2v) is 6.42. The third kappa shape index (κ3) is 4.26. The van der Waals surface area contributed by atoms with E-state index in [1.165, 1.54) is 12.0 Å². The lowest BCUT2D eigenvalue weighted by Crippen LogP contribution is -2.02. The predicted octanol–water partition coefficient (Wildman–Crippen LogP) is 4.46. The van der Waals surface area contributed by atoms with Gasteiger partial charge in [-0.05, 0) is 28.5 Å². The molecule has 1 fully saturated rings. The van der Waals surface area contributed by atoms with Crippen molar-refractivity contribution in [2.45, 2.75) is 31.6 Å².